The molecule has 1 N–H and O–H groups in total. The lowest BCUT2D eigenvalue weighted by molar-refractivity contribution is 0.0502. The highest BCUT2D eigenvalue weighted by Gasteiger charge is 2.45. The molecule has 164 valence electrons. The zero-order chi connectivity index (χ0) is 21.4. The van der Waals surface area contributed by atoms with Crippen LogP contribution in [-0.4, -0.2) is 66.2 Å². The van der Waals surface area contributed by atoms with Gasteiger partial charge in [-0.05, 0) is 83.7 Å². The number of carbonyl (C=O) groups excluding carboxylic acids is 2. The van der Waals surface area contributed by atoms with E-state index in [1.807, 2.05) is 37.8 Å². The minimum atomic E-state index is -0.520. The Labute approximate surface area is 179 Å². The van der Waals surface area contributed by atoms with E-state index in [2.05, 4.69) is 22.3 Å². The fourth-order valence-electron chi connectivity index (χ4n) is 4.74. The number of nitrogens with zero attached hydrogens (tertiary/aromatic N) is 2. The summed E-state index contributed by atoms with van der Waals surface area (Å²) in [6.45, 7) is 10.3. The van der Waals surface area contributed by atoms with E-state index in [9.17, 15) is 9.59 Å². The van der Waals surface area contributed by atoms with Crippen LogP contribution in [0.2, 0.25) is 0 Å². The van der Waals surface area contributed by atoms with Gasteiger partial charge in [-0.1, -0.05) is 12.1 Å². The van der Waals surface area contributed by atoms with Crippen molar-refractivity contribution in [2.45, 2.75) is 69.9 Å². The molecule has 1 atom stereocenters. The summed E-state index contributed by atoms with van der Waals surface area (Å²) < 4.78 is 5.32. The van der Waals surface area contributed by atoms with Gasteiger partial charge in [0, 0.05) is 30.6 Å². The maximum Gasteiger partial charge on any atom is 0.407 e. The highest BCUT2D eigenvalue weighted by atomic mass is 16.6. The Balaban J connectivity index is 1.31. The molecule has 0 spiro atoms. The molecule has 6 nitrogen and oxygen atoms in total. The fraction of sp³-hybridized carbons (Fsp3) is 0.667. The maximum atomic E-state index is 12.9. The van der Waals surface area contributed by atoms with Gasteiger partial charge in [0.2, 0.25) is 0 Å². The van der Waals surface area contributed by atoms with Gasteiger partial charge >= 0.3 is 6.09 Å². The lowest BCUT2D eigenvalue weighted by atomic mass is 9.94. The van der Waals surface area contributed by atoms with E-state index in [4.69, 9.17) is 4.74 Å². The van der Waals surface area contributed by atoms with Gasteiger partial charge in [-0.2, -0.15) is 0 Å². The van der Waals surface area contributed by atoms with E-state index in [0.717, 1.165) is 18.5 Å². The number of hydrogen-bond donors (Lipinski definition) is 1. The summed E-state index contributed by atoms with van der Waals surface area (Å²) >= 11 is 0. The van der Waals surface area contributed by atoms with Gasteiger partial charge < -0.3 is 19.9 Å². The number of nitrogens with one attached hydrogen (secondary N) is 1. The van der Waals surface area contributed by atoms with Crippen LogP contribution in [0.5, 0.6) is 0 Å². The van der Waals surface area contributed by atoms with Gasteiger partial charge in [-0.3, -0.25) is 4.79 Å². The molecule has 0 aromatic heterocycles. The summed E-state index contributed by atoms with van der Waals surface area (Å²) in [6, 6.07) is 8.22. The van der Waals surface area contributed by atoms with Crippen LogP contribution in [0.4, 0.5) is 4.79 Å². The Bertz CT molecular complexity index is 774. The summed E-state index contributed by atoms with van der Waals surface area (Å²) in [6.07, 6.45) is 5.48. The van der Waals surface area contributed by atoms with Crippen molar-refractivity contribution >= 4 is 12.0 Å². The normalized spacial score (nSPS) is 23.4. The number of hydrogen-bond acceptors (Lipinski definition) is 4. The second kappa shape index (κ2) is 8.22. The third-order valence-electron chi connectivity index (χ3n) is 6.52. The van der Waals surface area contributed by atoms with Gasteiger partial charge in [0.1, 0.15) is 5.60 Å². The molecule has 0 radical (unpaired) electrons. The molecular weight excluding hydrogens is 378 g/mol. The zero-order valence-corrected chi connectivity index (χ0v) is 18.6. The first kappa shape index (κ1) is 21.2. The number of ether oxygens (including phenoxy) is 1. The zero-order valence-electron chi connectivity index (χ0n) is 18.6. The summed E-state index contributed by atoms with van der Waals surface area (Å²) in [5.41, 5.74) is 1.89. The first-order valence-electron chi connectivity index (χ1n) is 11.4. The molecule has 3 aliphatic rings. The molecule has 6 heteroatoms. The van der Waals surface area contributed by atoms with Gasteiger partial charge in [-0.25, -0.2) is 4.79 Å². The molecule has 2 amide bonds. The molecule has 1 saturated carbocycles. The summed E-state index contributed by atoms with van der Waals surface area (Å²) in [5, 5.41) is 2.88. The Morgan fingerprint density at radius 1 is 1.10 bits per heavy atom. The Morgan fingerprint density at radius 3 is 2.37 bits per heavy atom. The minimum absolute atomic E-state index is 0.0411. The molecule has 2 saturated heterocycles. The molecule has 1 aliphatic carbocycles. The van der Waals surface area contributed by atoms with Crippen LogP contribution in [0.25, 0.3) is 0 Å². The van der Waals surface area contributed by atoms with Crippen molar-refractivity contribution in [1.29, 1.82) is 0 Å². The highest BCUT2D eigenvalue weighted by molar-refractivity contribution is 5.94. The van der Waals surface area contributed by atoms with Crippen molar-refractivity contribution in [1.82, 2.24) is 15.1 Å². The maximum absolute atomic E-state index is 12.9. The van der Waals surface area contributed by atoms with Crippen LogP contribution in [-0.2, 0) is 10.2 Å². The number of benzene rings is 1. The standard InChI is InChI=1S/C24H35N3O3/c1-23(2,3)30-22(29)25-20-10-15-27(16-20)21(28)18-6-8-19(9-7-18)24(11-12-24)17-26-13-4-5-14-26/h6-9,20H,4-5,10-17H2,1-3H3,(H,25,29). The highest BCUT2D eigenvalue weighted by Crippen LogP contribution is 2.49. The van der Waals surface area contributed by atoms with Crippen molar-refractivity contribution in [3.8, 4) is 0 Å². The molecule has 0 bridgehead atoms. The van der Waals surface area contributed by atoms with Crippen LogP contribution in [0.1, 0.15) is 68.8 Å². The van der Waals surface area contributed by atoms with Crippen LogP contribution in [0.3, 0.4) is 0 Å². The quantitative estimate of drug-likeness (QED) is 0.802. The predicted molar refractivity (Wildman–Crippen MR) is 117 cm³/mol. The largest absolute Gasteiger partial charge is 0.444 e. The number of likely N-dealkylation sites (tertiary alicyclic amines) is 2. The Kier molecular flexibility index (Phi) is 5.80. The SMILES string of the molecule is CC(C)(C)OC(=O)NC1CCN(C(=O)c2ccc(C3(CN4CCCC4)CC3)cc2)C1. The van der Waals surface area contributed by atoms with Crippen molar-refractivity contribution in [2.24, 2.45) is 0 Å². The van der Waals surface area contributed by atoms with Crippen molar-refractivity contribution < 1.29 is 14.3 Å². The second-order valence-electron chi connectivity index (χ2n) is 10.2. The lowest BCUT2D eigenvalue weighted by Gasteiger charge is -2.24. The van der Waals surface area contributed by atoms with Gasteiger partial charge in [0.25, 0.3) is 5.91 Å². The van der Waals surface area contributed by atoms with Crippen molar-refractivity contribution in [3.05, 3.63) is 35.4 Å². The third kappa shape index (κ3) is 4.97. The molecule has 2 heterocycles. The molecule has 1 aromatic carbocycles. The van der Waals surface area contributed by atoms with Crippen LogP contribution >= 0.6 is 0 Å². The molecule has 4 rings (SSSR count). The molecule has 1 aromatic rings. The molecule has 30 heavy (non-hydrogen) atoms. The summed E-state index contributed by atoms with van der Waals surface area (Å²) in [4.78, 5) is 29.3. The van der Waals surface area contributed by atoms with Crippen molar-refractivity contribution in [3.63, 3.8) is 0 Å². The minimum Gasteiger partial charge on any atom is -0.444 e. The van der Waals surface area contributed by atoms with Crippen LogP contribution < -0.4 is 5.32 Å². The van der Waals surface area contributed by atoms with Crippen molar-refractivity contribution in [2.75, 3.05) is 32.7 Å². The van der Waals surface area contributed by atoms with Gasteiger partial charge in [0.15, 0.2) is 0 Å². The molecular formula is C24H35N3O3. The van der Waals surface area contributed by atoms with E-state index in [1.165, 1.54) is 44.3 Å². The van der Waals surface area contributed by atoms with E-state index in [0.29, 0.717) is 18.5 Å². The van der Waals surface area contributed by atoms with Gasteiger partial charge in [0.05, 0.1) is 6.04 Å². The molecule has 2 aliphatic heterocycles. The first-order chi connectivity index (χ1) is 14.2. The summed E-state index contributed by atoms with van der Waals surface area (Å²) in [7, 11) is 0. The monoisotopic (exact) mass is 413 g/mol. The third-order valence-corrected chi connectivity index (χ3v) is 6.52. The average Bonchev–Trinajstić information content (AvgIpc) is 3.05. The van der Waals surface area contributed by atoms with Crippen LogP contribution in [0, 0.1) is 0 Å². The average molecular weight is 414 g/mol. The number of rotatable bonds is 5. The molecule has 1 unspecified atom stereocenters. The number of alkyl carbamates (subject to hydrolysis) is 1. The van der Waals surface area contributed by atoms with E-state index >= 15 is 0 Å². The van der Waals surface area contributed by atoms with E-state index in [1.54, 1.807) is 0 Å². The topological polar surface area (TPSA) is 61.9 Å². The fourth-order valence-corrected chi connectivity index (χ4v) is 4.74. The smallest absolute Gasteiger partial charge is 0.407 e. The lowest BCUT2D eigenvalue weighted by Crippen LogP contribution is -2.41. The van der Waals surface area contributed by atoms with Crippen LogP contribution in [0.15, 0.2) is 24.3 Å². The Morgan fingerprint density at radius 2 is 1.77 bits per heavy atom. The van der Waals surface area contributed by atoms with E-state index in [-0.39, 0.29) is 11.9 Å². The summed E-state index contributed by atoms with van der Waals surface area (Å²) in [5.74, 6) is 0.0411. The Hall–Kier alpha value is -2.08. The molecule has 3 fully saturated rings. The number of amides is 2. The van der Waals surface area contributed by atoms with E-state index < -0.39 is 11.7 Å². The second-order valence-corrected chi connectivity index (χ2v) is 10.2. The van der Waals surface area contributed by atoms with Gasteiger partial charge in [-0.15, -0.1) is 0 Å². The number of carbonyl (C=O) groups is 2. The first-order valence-corrected chi connectivity index (χ1v) is 11.4. The predicted octanol–water partition coefficient (Wildman–Crippen LogP) is 3.55.